The summed E-state index contributed by atoms with van der Waals surface area (Å²) in [4.78, 5) is 0. The third-order valence-electron chi connectivity index (χ3n) is 3.30. The summed E-state index contributed by atoms with van der Waals surface area (Å²) in [6.45, 7) is 13.5. The minimum absolute atomic E-state index is 0.255. The number of hydrogen-bond donors (Lipinski definition) is 1. The maximum absolute atomic E-state index is 3.55. The first kappa shape index (κ1) is 15.2. The van der Waals surface area contributed by atoms with Gasteiger partial charge in [-0.1, -0.05) is 58.9 Å². The van der Waals surface area contributed by atoms with Gasteiger partial charge in [0.25, 0.3) is 0 Å². The molecular formula is C17H29N. The van der Waals surface area contributed by atoms with Crippen LogP contribution in [0.25, 0.3) is 0 Å². The molecule has 0 aliphatic carbocycles. The zero-order valence-corrected chi connectivity index (χ0v) is 12.9. The summed E-state index contributed by atoms with van der Waals surface area (Å²) >= 11 is 0. The van der Waals surface area contributed by atoms with Gasteiger partial charge in [0.15, 0.2) is 0 Å². The van der Waals surface area contributed by atoms with Crippen molar-refractivity contribution in [1.82, 2.24) is 5.32 Å². The molecule has 0 aromatic heterocycles. The monoisotopic (exact) mass is 247 g/mol. The highest BCUT2D eigenvalue weighted by Crippen LogP contribution is 2.22. The van der Waals surface area contributed by atoms with E-state index in [1.54, 1.807) is 0 Å². The summed E-state index contributed by atoms with van der Waals surface area (Å²) in [5.74, 6) is 0. The molecule has 0 saturated heterocycles. The van der Waals surface area contributed by atoms with Crippen molar-refractivity contribution < 1.29 is 0 Å². The van der Waals surface area contributed by atoms with Crippen molar-refractivity contribution in [2.45, 2.75) is 71.9 Å². The first-order valence-corrected chi connectivity index (χ1v) is 7.14. The summed E-state index contributed by atoms with van der Waals surface area (Å²) in [7, 11) is 0. The van der Waals surface area contributed by atoms with Crippen molar-refractivity contribution in [3.63, 3.8) is 0 Å². The van der Waals surface area contributed by atoms with E-state index in [0.717, 1.165) is 6.42 Å². The zero-order valence-electron chi connectivity index (χ0n) is 12.9. The Morgan fingerprint density at radius 3 is 2.00 bits per heavy atom. The minimum Gasteiger partial charge on any atom is -0.312 e. The number of rotatable bonds is 5. The molecule has 0 aliphatic rings. The van der Waals surface area contributed by atoms with Crippen LogP contribution in [0.2, 0.25) is 0 Å². The molecule has 0 aliphatic heterocycles. The molecule has 1 nitrogen and oxygen atoms in total. The van der Waals surface area contributed by atoms with E-state index in [-0.39, 0.29) is 5.41 Å². The van der Waals surface area contributed by atoms with Crippen molar-refractivity contribution in [2.24, 2.45) is 0 Å². The Morgan fingerprint density at radius 1 is 1.00 bits per heavy atom. The van der Waals surface area contributed by atoms with Gasteiger partial charge in [0.2, 0.25) is 0 Å². The largest absolute Gasteiger partial charge is 0.312 e. The van der Waals surface area contributed by atoms with Gasteiger partial charge >= 0.3 is 0 Å². The summed E-state index contributed by atoms with van der Waals surface area (Å²) in [5.41, 5.74) is 3.12. The molecule has 1 aromatic rings. The first-order valence-electron chi connectivity index (χ1n) is 7.14. The van der Waals surface area contributed by atoms with Crippen LogP contribution in [0.15, 0.2) is 24.3 Å². The Kier molecular flexibility index (Phi) is 5.40. The van der Waals surface area contributed by atoms with Crippen LogP contribution >= 0.6 is 0 Å². The van der Waals surface area contributed by atoms with Crippen LogP contribution in [0, 0.1) is 0 Å². The molecule has 1 N–H and O–H groups in total. The zero-order chi connectivity index (χ0) is 13.8. The molecule has 0 radical (unpaired) electrons. The van der Waals surface area contributed by atoms with E-state index in [0.29, 0.717) is 12.1 Å². The van der Waals surface area contributed by atoms with Gasteiger partial charge < -0.3 is 5.32 Å². The van der Waals surface area contributed by atoms with Crippen LogP contribution in [0.3, 0.4) is 0 Å². The molecule has 0 heterocycles. The van der Waals surface area contributed by atoms with E-state index < -0.39 is 0 Å². The lowest BCUT2D eigenvalue weighted by Crippen LogP contribution is -2.32. The number of nitrogens with one attached hydrogen (secondary N) is 1. The van der Waals surface area contributed by atoms with Gasteiger partial charge in [-0.2, -0.15) is 0 Å². The number of benzene rings is 1. The lowest BCUT2D eigenvalue weighted by molar-refractivity contribution is 0.465. The van der Waals surface area contributed by atoms with E-state index in [4.69, 9.17) is 0 Å². The maximum Gasteiger partial charge on any atom is 0.00442 e. The molecular weight excluding hydrogens is 218 g/mol. The first-order chi connectivity index (χ1) is 8.29. The van der Waals surface area contributed by atoms with E-state index >= 15 is 0 Å². The second-order valence-corrected chi connectivity index (χ2v) is 6.71. The van der Waals surface area contributed by atoms with Crippen LogP contribution in [0.1, 0.15) is 59.1 Å². The molecule has 1 unspecified atom stereocenters. The highest BCUT2D eigenvalue weighted by molar-refractivity contribution is 5.27. The van der Waals surface area contributed by atoms with Gasteiger partial charge in [-0.25, -0.2) is 0 Å². The smallest absolute Gasteiger partial charge is 0.00442 e. The molecule has 0 saturated carbocycles. The molecule has 1 aromatic carbocycles. The third kappa shape index (κ3) is 5.22. The predicted octanol–water partition coefficient (Wildman–Crippen LogP) is 4.30. The molecule has 102 valence electrons. The molecule has 1 atom stereocenters. The summed E-state index contributed by atoms with van der Waals surface area (Å²) in [6.07, 6.45) is 2.36. The van der Waals surface area contributed by atoms with E-state index in [1.807, 2.05) is 0 Å². The third-order valence-corrected chi connectivity index (χ3v) is 3.30. The average molecular weight is 247 g/mol. The Morgan fingerprint density at radius 2 is 1.56 bits per heavy atom. The van der Waals surface area contributed by atoms with Gasteiger partial charge in [-0.15, -0.1) is 0 Å². The Hall–Kier alpha value is -0.820. The van der Waals surface area contributed by atoms with Crippen LogP contribution in [-0.4, -0.2) is 12.1 Å². The molecule has 1 rings (SSSR count). The van der Waals surface area contributed by atoms with Crippen LogP contribution < -0.4 is 5.32 Å². The second-order valence-electron chi connectivity index (χ2n) is 6.71. The van der Waals surface area contributed by atoms with Crippen molar-refractivity contribution in [1.29, 1.82) is 0 Å². The van der Waals surface area contributed by atoms with Gasteiger partial charge in [0, 0.05) is 12.1 Å². The number of hydrogen-bond acceptors (Lipinski definition) is 1. The highest BCUT2D eigenvalue weighted by Gasteiger charge is 2.12. The van der Waals surface area contributed by atoms with Crippen LogP contribution in [0.4, 0.5) is 0 Å². The Labute approximate surface area is 113 Å². The predicted molar refractivity (Wildman–Crippen MR) is 81.2 cm³/mol. The highest BCUT2D eigenvalue weighted by atomic mass is 14.9. The lowest BCUT2D eigenvalue weighted by atomic mass is 9.86. The Balaban J connectivity index is 2.49. The van der Waals surface area contributed by atoms with Gasteiger partial charge in [0.1, 0.15) is 0 Å². The summed E-state index contributed by atoms with van der Waals surface area (Å²) in [5, 5.41) is 3.55. The van der Waals surface area contributed by atoms with Crippen molar-refractivity contribution in [3.8, 4) is 0 Å². The summed E-state index contributed by atoms with van der Waals surface area (Å²) < 4.78 is 0. The van der Waals surface area contributed by atoms with Crippen LogP contribution in [0.5, 0.6) is 0 Å². The lowest BCUT2D eigenvalue weighted by Gasteiger charge is -2.20. The molecule has 0 spiro atoms. The molecule has 0 fully saturated rings. The van der Waals surface area contributed by atoms with Crippen molar-refractivity contribution in [2.75, 3.05) is 0 Å². The van der Waals surface area contributed by atoms with E-state index in [1.165, 1.54) is 17.5 Å². The summed E-state index contributed by atoms with van der Waals surface area (Å²) in [6, 6.07) is 10.3. The topological polar surface area (TPSA) is 12.0 Å². The van der Waals surface area contributed by atoms with E-state index in [2.05, 4.69) is 71.1 Å². The normalized spacial score (nSPS) is 13.9. The van der Waals surface area contributed by atoms with Crippen molar-refractivity contribution in [3.05, 3.63) is 35.4 Å². The molecule has 1 heteroatoms. The fourth-order valence-electron chi connectivity index (χ4n) is 2.21. The molecule has 18 heavy (non-hydrogen) atoms. The Bertz CT molecular complexity index is 343. The standard InChI is InChI=1S/C17H29N/c1-13(2)18-14(3)7-8-15-9-11-16(12-10-15)17(4,5)6/h9-14,18H,7-8H2,1-6H3. The fraction of sp³-hybridized carbons (Fsp3) is 0.647. The average Bonchev–Trinajstić information content (AvgIpc) is 2.25. The molecule has 0 bridgehead atoms. The maximum atomic E-state index is 3.55. The van der Waals surface area contributed by atoms with Crippen molar-refractivity contribution >= 4 is 0 Å². The van der Waals surface area contributed by atoms with Gasteiger partial charge in [-0.3, -0.25) is 0 Å². The quantitative estimate of drug-likeness (QED) is 0.818. The second kappa shape index (κ2) is 6.38. The minimum atomic E-state index is 0.255. The van der Waals surface area contributed by atoms with Gasteiger partial charge in [0.05, 0.1) is 0 Å². The fourth-order valence-corrected chi connectivity index (χ4v) is 2.21. The molecule has 0 amide bonds. The SMILES string of the molecule is CC(C)NC(C)CCc1ccc(C(C)(C)C)cc1. The number of aryl methyl sites for hydroxylation is 1. The van der Waals surface area contributed by atoms with E-state index in [9.17, 15) is 0 Å². The van der Waals surface area contributed by atoms with Gasteiger partial charge in [-0.05, 0) is 36.3 Å². The van der Waals surface area contributed by atoms with Crippen LogP contribution in [-0.2, 0) is 11.8 Å².